The molecule has 0 saturated carbocycles. The maximum Gasteiger partial charge on any atom is 0.433 e. The number of furan rings is 1. The average molecular weight is 399 g/mol. The molecule has 0 unspecified atom stereocenters. The van der Waals surface area contributed by atoms with Crippen molar-refractivity contribution in [2.45, 2.75) is 0 Å². The first kappa shape index (κ1) is 19.1. The Bertz CT molecular complexity index is 1020. The highest BCUT2D eigenvalue weighted by molar-refractivity contribution is 8.18. The molecule has 1 fully saturated rings. The van der Waals surface area contributed by atoms with Gasteiger partial charge in [-0.2, -0.15) is 0 Å². The second kappa shape index (κ2) is 8.35. The number of rotatable bonds is 5. The Morgan fingerprint density at radius 1 is 1.29 bits per heavy atom. The van der Waals surface area contributed by atoms with Crippen molar-refractivity contribution >= 4 is 46.5 Å². The fraction of sp³-hybridized carbons (Fsp3) is 0.0556. The number of thioether (sulfide) groups is 1. The third kappa shape index (κ3) is 4.54. The number of amides is 1. The van der Waals surface area contributed by atoms with Crippen LogP contribution in [0.2, 0.25) is 0 Å². The molecule has 1 aliphatic rings. The lowest BCUT2D eigenvalue weighted by atomic mass is 10.2. The van der Waals surface area contributed by atoms with E-state index in [1.165, 1.54) is 25.3 Å². The van der Waals surface area contributed by atoms with E-state index in [0.717, 1.165) is 11.8 Å². The van der Waals surface area contributed by atoms with Gasteiger partial charge in [-0.3, -0.25) is 14.9 Å². The van der Waals surface area contributed by atoms with E-state index in [-0.39, 0.29) is 11.8 Å². The maximum atomic E-state index is 12.0. The quantitative estimate of drug-likeness (QED) is 0.353. The molecule has 2 aromatic rings. The highest BCUT2D eigenvalue weighted by atomic mass is 32.2. The summed E-state index contributed by atoms with van der Waals surface area (Å²) in [6, 6.07) is 9.14. The molecule has 3 rings (SSSR count). The summed E-state index contributed by atoms with van der Waals surface area (Å²) in [5, 5.41) is 13.6. The Hall–Kier alpha value is -3.66. The lowest BCUT2D eigenvalue weighted by molar-refractivity contribution is -0.402. The number of aliphatic imine (C=N–C) groups is 1. The minimum atomic E-state index is -0.628. The molecule has 1 aromatic carbocycles. The summed E-state index contributed by atoms with van der Waals surface area (Å²) in [5.74, 6) is -0.814. The van der Waals surface area contributed by atoms with Gasteiger partial charge in [-0.25, -0.2) is 9.79 Å². The van der Waals surface area contributed by atoms with Crippen molar-refractivity contribution < 1.29 is 23.7 Å². The zero-order valence-electron chi connectivity index (χ0n) is 14.4. The van der Waals surface area contributed by atoms with Crippen LogP contribution < -0.4 is 5.32 Å². The first-order valence-corrected chi connectivity index (χ1v) is 8.67. The van der Waals surface area contributed by atoms with E-state index >= 15 is 0 Å². The van der Waals surface area contributed by atoms with E-state index in [0.29, 0.717) is 27.1 Å². The van der Waals surface area contributed by atoms with Gasteiger partial charge in [0.2, 0.25) is 0 Å². The summed E-state index contributed by atoms with van der Waals surface area (Å²) in [4.78, 5) is 38.1. The molecule has 0 aliphatic carbocycles. The monoisotopic (exact) mass is 399 g/mol. The van der Waals surface area contributed by atoms with Gasteiger partial charge >= 0.3 is 11.9 Å². The van der Waals surface area contributed by atoms with E-state index in [4.69, 9.17) is 4.42 Å². The summed E-state index contributed by atoms with van der Waals surface area (Å²) in [6.07, 6.45) is 4.62. The Morgan fingerprint density at radius 2 is 2.04 bits per heavy atom. The highest BCUT2D eigenvalue weighted by Gasteiger charge is 2.23. The highest BCUT2D eigenvalue weighted by Crippen LogP contribution is 2.26. The third-order valence-electron chi connectivity index (χ3n) is 3.47. The topological polar surface area (TPSA) is 124 Å². The molecule has 28 heavy (non-hydrogen) atoms. The fourth-order valence-corrected chi connectivity index (χ4v) is 2.96. The Balaban J connectivity index is 1.67. The van der Waals surface area contributed by atoms with Gasteiger partial charge in [-0.05, 0) is 54.2 Å². The number of ether oxygens (including phenoxy) is 1. The number of hydrogen-bond donors (Lipinski definition) is 1. The maximum absolute atomic E-state index is 12.0. The second-order valence-electron chi connectivity index (χ2n) is 5.33. The van der Waals surface area contributed by atoms with Gasteiger partial charge in [0.25, 0.3) is 5.91 Å². The molecule has 0 radical (unpaired) electrons. The molecular formula is C18H13N3O6S. The van der Waals surface area contributed by atoms with E-state index in [1.54, 1.807) is 36.4 Å². The van der Waals surface area contributed by atoms with Gasteiger partial charge in [0.15, 0.2) is 5.17 Å². The number of carbonyl (C=O) groups excluding carboxylic acids is 2. The number of nitrogens with zero attached hydrogens (tertiary/aromatic N) is 2. The van der Waals surface area contributed by atoms with Crippen LogP contribution in [0.5, 0.6) is 0 Å². The summed E-state index contributed by atoms with van der Waals surface area (Å²) in [6.45, 7) is 0. The predicted octanol–water partition coefficient (Wildman–Crippen LogP) is 3.42. The van der Waals surface area contributed by atoms with Crippen LogP contribution in [0, 0.1) is 10.1 Å². The van der Waals surface area contributed by atoms with Crippen LogP contribution in [0.25, 0.3) is 6.08 Å². The van der Waals surface area contributed by atoms with Crippen molar-refractivity contribution in [3.05, 3.63) is 74.9 Å². The molecular weight excluding hydrogens is 386 g/mol. The van der Waals surface area contributed by atoms with Crippen molar-refractivity contribution in [2.24, 2.45) is 4.99 Å². The van der Waals surface area contributed by atoms with Crippen LogP contribution in [-0.2, 0) is 9.53 Å². The van der Waals surface area contributed by atoms with Crippen molar-refractivity contribution in [3.63, 3.8) is 0 Å². The first-order valence-electron chi connectivity index (χ1n) is 7.85. The molecule has 2 heterocycles. The lowest BCUT2D eigenvalue weighted by Gasteiger charge is -2.00. The zero-order chi connectivity index (χ0) is 20.1. The van der Waals surface area contributed by atoms with E-state index in [9.17, 15) is 19.7 Å². The predicted molar refractivity (Wildman–Crippen MR) is 103 cm³/mol. The van der Waals surface area contributed by atoms with Gasteiger partial charge < -0.3 is 14.5 Å². The van der Waals surface area contributed by atoms with E-state index in [2.05, 4.69) is 15.0 Å². The molecule has 1 saturated heterocycles. The van der Waals surface area contributed by atoms with Crippen LogP contribution >= 0.6 is 11.8 Å². The molecule has 0 bridgehead atoms. The van der Waals surface area contributed by atoms with Crippen molar-refractivity contribution in [1.29, 1.82) is 0 Å². The smallest absolute Gasteiger partial charge is 0.433 e. The molecule has 1 amide bonds. The van der Waals surface area contributed by atoms with E-state index < -0.39 is 10.9 Å². The Morgan fingerprint density at radius 3 is 2.68 bits per heavy atom. The molecule has 1 aliphatic heterocycles. The standard InChI is InChI=1S/C18H13N3O6S/c1-26-17(23)11-5-7-12(8-6-11)19-18-20-16(22)14(28-18)4-2-3-13-9-10-15(27-13)21(24)25/h2-10H,1H3,(H,19,20,22)/b3-2+,14-4-. The molecule has 1 aromatic heterocycles. The second-order valence-corrected chi connectivity index (χ2v) is 6.37. The molecule has 0 atom stereocenters. The SMILES string of the molecule is COC(=O)c1ccc(N=C2NC(=O)/C(=C/C=C/c3ccc([N+](=O)[O-])o3)S2)cc1. The number of methoxy groups -OCH3 is 1. The molecule has 9 nitrogen and oxygen atoms in total. The Kier molecular flexibility index (Phi) is 5.70. The largest absolute Gasteiger partial charge is 0.465 e. The molecule has 0 spiro atoms. The normalized spacial score (nSPS) is 16.7. The van der Waals surface area contributed by atoms with Crippen LogP contribution in [0.15, 0.2) is 62.9 Å². The summed E-state index contributed by atoms with van der Waals surface area (Å²) in [5.41, 5.74) is 0.966. The van der Waals surface area contributed by atoms with Crippen molar-refractivity contribution in [3.8, 4) is 0 Å². The van der Waals surface area contributed by atoms with Crippen molar-refractivity contribution in [2.75, 3.05) is 7.11 Å². The summed E-state index contributed by atoms with van der Waals surface area (Å²) in [7, 11) is 1.30. The van der Waals surface area contributed by atoms with Gasteiger partial charge in [-0.15, -0.1) is 0 Å². The number of amidine groups is 1. The Labute approximate surface area is 162 Å². The average Bonchev–Trinajstić information content (AvgIpc) is 3.29. The van der Waals surface area contributed by atoms with Crippen LogP contribution in [0.4, 0.5) is 11.6 Å². The lowest BCUT2D eigenvalue weighted by Crippen LogP contribution is -2.19. The number of esters is 1. The summed E-state index contributed by atoms with van der Waals surface area (Å²) < 4.78 is 9.62. The van der Waals surface area contributed by atoms with Crippen LogP contribution in [-0.4, -0.2) is 29.1 Å². The van der Waals surface area contributed by atoms with Gasteiger partial charge in [0.1, 0.15) is 10.7 Å². The molecule has 1 N–H and O–H groups in total. The van der Waals surface area contributed by atoms with Gasteiger partial charge in [-0.1, -0.05) is 6.08 Å². The number of nitrogens with one attached hydrogen (secondary N) is 1. The number of carbonyl (C=O) groups is 2. The van der Waals surface area contributed by atoms with Crippen molar-refractivity contribution in [1.82, 2.24) is 5.32 Å². The minimum Gasteiger partial charge on any atom is -0.465 e. The van der Waals surface area contributed by atoms with Gasteiger partial charge in [0, 0.05) is 0 Å². The van der Waals surface area contributed by atoms with Crippen LogP contribution in [0.1, 0.15) is 16.1 Å². The molecule has 142 valence electrons. The first-order chi connectivity index (χ1) is 13.5. The van der Waals surface area contributed by atoms with Crippen LogP contribution in [0.3, 0.4) is 0 Å². The summed E-state index contributed by atoms with van der Waals surface area (Å²) >= 11 is 1.14. The number of nitro groups is 1. The minimum absolute atomic E-state index is 0.298. The van der Waals surface area contributed by atoms with E-state index in [1.807, 2.05) is 0 Å². The number of benzene rings is 1. The number of hydrogen-bond acceptors (Lipinski definition) is 8. The third-order valence-corrected chi connectivity index (χ3v) is 4.40. The van der Waals surface area contributed by atoms with Gasteiger partial charge in [0.05, 0.1) is 29.3 Å². The fourth-order valence-electron chi connectivity index (χ4n) is 2.16. The zero-order valence-corrected chi connectivity index (χ0v) is 15.3. The number of allylic oxidation sites excluding steroid dienone is 2. The molecule has 10 heteroatoms.